The van der Waals surface area contributed by atoms with Crippen LogP contribution in [0.25, 0.3) is 0 Å². The molecule has 0 aromatic rings. The number of carboxylic acid groups (broad SMARTS) is 1. The summed E-state index contributed by atoms with van der Waals surface area (Å²) in [6.07, 6.45) is 5.75. The first-order valence-corrected chi connectivity index (χ1v) is 7.79. The van der Waals surface area contributed by atoms with Crippen molar-refractivity contribution in [3.8, 4) is 0 Å². The molecule has 3 fully saturated rings. The van der Waals surface area contributed by atoms with Gasteiger partial charge >= 0.3 is 5.97 Å². The lowest BCUT2D eigenvalue weighted by Gasteiger charge is -2.25. The monoisotopic (exact) mass is 281 g/mol. The largest absolute Gasteiger partial charge is 0.481 e. The van der Waals surface area contributed by atoms with Crippen LogP contribution < -0.4 is 0 Å². The van der Waals surface area contributed by atoms with E-state index >= 15 is 0 Å². The Morgan fingerprint density at radius 3 is 2.50 bits per heavy atom. The van der Waals surface area contributed by atoms with Gasteiger partial charge in [-0.2, -0.15) is 0 Å². The van der Waals surface area contributed by atoms with Gasteiger partial charge in [-0.3, -0.25) is 9.59 Å². The van der Waals surface area contributed by atoms with Gasteiger partial charge in [-0.15, -0.1) is 0 Å². The third-order valence-electron chi connectivity index (χ3n) is 5.05. The van der Waals surface area contributed by atoms with Gasteiger partial charge in [0.2, 0.25) is 5.91 Å². The second-order valence-corrected chi connectivity index (χ2v) is 6.35. The molecule has 1 aliphatic heterocycles. The van der Waals surface area contributed by atoms with Gasteiger partial charge in [0.05, 0.1) is 12.5 Å². The Labute approximate surface area is 119 Å². The molecule has 0 spiro atoms. The number of aliphatic carboxylic acids is 1. The predicted octanol–water partition coefficient (Wildman–Crippen LogP) is 1.51. The van der Waals surface area contributed by atoms with Crippen molar-refractivity contribution in [2.45, 2.75) is 44.6 Å². The minimum absolute atomic E-state index is 0.0283. The van der Waals surface area contributed by atoms with Crippen LogP contribution in [-0.2, 0) is 14.3 Å². The van der Waals surface area contributed by atoms with E-state index in [1.165, 1.54) is 19.3 Å². The molecule has 1 saturated heterocycles. The molecular formula is C15H23NO4. The van der Waals surface area contributed by atoms with Crippen LogP contribution in [0.15, 0.2) is 0 Å². The molecule has 3 rings (SSSR count). The minimum atomic E-state index is -0.842. The normalized spacial score (nSPS) is 34.8. The summed E-state index contributed by atoms with van der Waals surface area (Å²) < 4.78 is 5.59. The van der Waals surface area contributed by atoms with Gasteiger partial charge in [0.1, 0.15) is 0 Å². The number of hydrogen-bond donors (Lipinski definition) is 1. The number of ether oxygens (including phenoxy) is 1. The second kappa shape index (κ2) is 5.72. The molecule has 112 valence electrons. The van der Waals surface area contributed by atoms with Crippen LogP contribution in [0.4, 0.5) is 0 Å². The average Bonchev–Trinajstić information content (AvgIpc) is 2.86. The number of carbonyl (C=O) groups excluding carboxylic acids is 1. The number of amides is 1. The van der Waals surface area contributed by atoms with Crippen molar-refractivity contribution in [1.29, 1.82) is 0 Å². The molecule has 0 radical (unpaired) electrons. The average molecular weight is 281 g/mol. The van der Waals surface area contributed by atoms with Gasteiger partial charge in [0.25, 0.3) is 0 Å². The van der Waals surface area contributed by atoms with Gasteiger partial charge in [0, 0.05) is 25.6 Å². The van der Waals surface area contributed by atoms with E-state index in [4.69, 9.17) is 9.84 Å². The van der Waals surface area contributed by atoms with Crippen molar-refractivity contribution in [3.05, 3.63) is 0 Å². The molecule has 0 unspecified atom stereocenters. The molecule has 5 nitrogen and oxygen atoms in total. The molecule has 2 aliphatic carbocycles. The minimum Gasteiger partial charge on any atom is -0.481 e. The fourth-order valence-electron chi connectivity index (χ4n) is 3.95. The van der Waals surface area contributed by atoms with Crippen molar-refractivity contribution in [3.63, 3.8) is 0 Å². The van der Waals surface area contributed by atoms with Gasteiger partial charge in [0.15, 0.2) is 0 Å². The summed E-state index contributed by atoms with van der Waals surface area (Å²) in [7, 11) is 0. The molecule has 1 amide bonds. The van der Waals surface area contributed by atoms with Crippen molar-refractivity contribution in [2.24, 2.45) is 17.8 Å². The molecule has 20 heavy (non-hydrogen) atoms. The zero-order chi connectivity index (χ0) is 14.1. The Balaban J connectivity index is 1.58. The van der Waals surface area contributed by atoms with Crippen LogP contribution in [0.2, 0.25) is 0 Å². The molecule has 3 atom stereocenters. The zero-order valence-electron chi connectivity index (χ0n) is 11.8. The van der Waals surface area contributed by atoms with E-state index in [2.05, 4.69) is 0 Å². The quantitative estimate of drug-likeness (QED) is 0.801. The number of hydrogen-bond acceptors (Lipinski definition) is 3. The number of nitrogens with zero attached hydrogens (tertiary/aromatic N) is 1. The molecule has 0 aromatic carbocycles. The second-order valence-electron chi connectivity index (χ2n) is 6.35. The van der Waals surface area contributed by atoms with E-state index < -0.39 is 5.97 Å². The van der Waals surface area contributed by atoms with Crippen molar-refractivity contribution >= 4 is 11.9 Å². The third-order valence-corrected chi connectivity index (χ3v) is 5.05. The first kappa shape index (κ1) is 13.9. The zero-order valence-corrected chi connectivity index (χ0v) is 11.8. The summed E-state index contributed by atoms with van der Waals surface area (Å²) in [6.45, 7) is 1.66. The van der Waals surface area contributed by atoms with Gasteiger partial charge < -0.3 is 14.7 Å². The summed E-state index contributed by atoms with van der Waals surface area (Å²) in [5.41, 5.74) is 0. The summed E-state index contributed by atoms with van der Waals surface area (Å²) in [5.74, 6) is 0.681. The maximum Gasteiger partial charge on any atom is 0.305 e. The summed E-state index contributed by atoms with van der Waals surface area (Å²) >= 11 is 0. The van der Waals surface area contributed by atoms with Crippen LogP contribution in [0.5, 0.6) is 0 Å². The lowest BCUT2D eigenvalue weighted by Crippen LogP contribution is -2.40. The van der Waals surface area contributed by atoms with E-state index in [1.807, 2.05) is 0 Å². The first-order valence-electron chi connectivity index (χ1n) is 7.79. The number of rotatable bonds is 6. The highest BCUT2D eigenvalue weighted by Gasteiger charge is 2.57. The Bertz CT molecular complexity index is 381. The van der Waals surface area contributed by atoms with Crippen LogP contribution >= 0.6 is 0 Å². The van der Waals surface area contributed by atoms with Crippen LogP contribution in [-0.4, -0.2) is 47.7 Å². The fourth-order valence-corrected chi connectivity index (χ4v) is 3.95. The maximum absolute atomic E-state index is 12.6. The van der Waals surface area contributed by atoms with E-state index in [0.29, 0.717) is 24.9 Å². The predicted molar refractivity (Wildman–Crippen MR) is 72.1 cm³/mol. The molecule has 0 aromatic heterocycles. The Hall–Kier alpha value is -1.10. The van der Waals surface area contributed by atoms with Crippen LogP contribution in [0, 0.1) is 17.8 Å². The molecule has 5 heteroatoms. The standard InChI is InChI=1S/C15H23NO4/c17-13(18)6-7-16(9-10-3-2-8-20-10)15(19)14-11-4-1-5-12(11)14/h10-12,14H,1-9H2,(H,17,18)/t10-,11-,12-/m0/s1. The maximum atomic E-state index is 12.6. The van der Waals surface area contributed by atoms with Crippen LogP contribution in [0.1, 0.15) is 38.5 Å². The fraction of sp³-hybridized carbons (Fsp3) is 0.867. The Morgan fingerprint density at radius 1 is 1.15 bits per heavy atom. The molecule has 1 heterocycles. The molecule has 0 bridgehead atoms. The lowest BCUT2D eigenvalue weighted by molar-refractivity contribution is -0.139. The molecule has 3 aliphatic rings. The SMILES string of the molecule is O=C(O)CCN(C[C@@H]1CCCO1)C(=O)C1[C@H]2CCC[C@H]12. The third kappa shape index (κ3) is 2.82. The Kier molecular flexibility index (Phi) is 3.96. The summed E-state index contributed by atoms with van der Waals surface area (Å²) in [6, 6.07) is 0. The van der Waals surface area contributed by atoms with E-state index in [1.54, 1.807) is 4.90 Å². The molecule has 2 saturated carbocycles. The summed E-state index contributed by atoms with van der Waals surface area (Å²) in [5, 5.41) is 8.85. The first-order chi connectivity index (χ1) is 9.66. The number of carbonyl (C=O) groups is 2. The Morgan fingerprint density at radius 2 is 1.90 bits per heavy atom. The topological polar surface area (TPSA) is 66.8 Å². The smallest absolute Gasteiger partial charge is 0.305 e. The highest BCUT2D eigenvalue weighted by atomic mass is 16.5. The van der Waals surface area contributed by atoms with E-state index in [9.17, 15) is 9.59 Å². The lowest BCUT2D eigenvalue weighted by atomic mass is 10.1. The summed E-state index contributed by atoms with van der Waals surface area (Å²) in [4.78, 5) is 25.1. The van der Waals surface area contributed by atoms with Crippen molar-refractivity contribution in [2.75, 3.05) is 19.7 Å². The van der Waals surface area contributed by atoms with Crippen molar-refractivity contribution < 1.29 is 19.4 Å². The van der Waals surface area contributed by atoms with Gasteiger partial charge in [-0.1, -0.05) is 6.42 Å². The van der Waals surface area contributed by atoms with Crippen molar-refractivity contribution in [1.82, 2.24) is 4.90 Å². The van der Waals surface area contributed by atoms with Gasteiger partial charge in [-0.05, 0) is 37.5 Å². The van der Waals surface area contributed by atoms with E-state index in [-0.39, 0.29) is 24.3 Å². The number of fused-ring (bicyclic) bond motifs is 1. The van der Waals surface area contributed by atoms with Crippen LogP contribution in [0.3, 0.4) is 0 Å². The molecule has 1 N–H and O–H groups in total. The number of carboxylic acids is 1. The highest BCUT2D eigenvalue weighted by Crippen LogP contribution is 2.58. The molecular weight excluding hydrogens is 258 g/mol. The van der Waals surface area contributed by atoms with Gasteiger partial charge in [-0.25, -0.2) is 0 Å². The van der Waals surface area contributed by atoms with E-state index in [0.717, 1.165) is 19.4 Å². The highest BCUT2D eigenvalue weighted by molar-refractivity contribution is 5.83.